The number of piperidine rings is 2. The van der Waals surface area contributed by atoms with E-state index in [0.29, 0.717) is 41.5 Å². The van der Waals surface area contributed by atoms with Crippen LogP contribution in [-0.4, -0.2) is 49.7 Å². The monoisotopic (exact) mass is 537 g/mol. The average molecular weight is 539 g/mol. The maximum atomic E-state index is 13.0. The van der Waals surface area contributed by atoms with Crippen molar-refractivity contribution in [2.45, 2.75) is 50.9 Å². The lowest BCUT2D eigenvalue weighted by atomic mass is 9.98. The number of rotatable bonds is 8. The molecule has 2 aliphatic rings. The van der Waals surface area contributed by atoms with Crippen molar-refractivity contribution in [1.82, 2.24) is 14.5 Å². The van der Waals surface area contributed by atoms with Gasteiger partial charge >= 0.3 is 0 Å². The van der Waals surface area contributed by atoms with Gasteiger partial charge in [-0.2, -0.15) is 0 Å². The quantitative estimate of drug-likeness (QED) is 0.523. The van der Waals surface area contributed by atoms with Crippen LogP contribution in [0.15, 0.2) is 42.5 Å². The van der Waals surface area contributed by atoms with E-state index >= 15 is 0 Å². The average Bonchev–Trinajstić information content (AvgIpc) is 2.86. The summed E-state index contributed by atoms with van der Waals surface area (Å²) >= 11 is 12.0. The molecular formula is C26H33Cl2N3O3S. The number of likely N-dealkylation sites (tertiary alicyclic amines) is 1. The van der Waals surface area contributed by atoms with Crippen LogP contribution < -0.4 is 5.32 Å². The molecular weight excluding hydrogens is 505 g/mol. The molecule has 2 fully saturated rings. The standard InChI is InChI=1S/C26H33Cl2N3O3S/c27-24-11-10-20(15-25(24)28)19-35(33,34)31-14-6-9-23(18-31)26(32)29-16-21-7-2-3-8-22(21)17-30-12-4-1-5-13-30/h2-3,7-8,10-11,15,23H,1,4-6,9,12-14,16-19H2,(H,29,32). The van der Waals surface area contributed by atoms with Gasteiger partial charge in [-0.1, -0.05) is 60.0 Å². The van der Waals surface area contributed by atoms with E-state index in [2.05, 4.69) is 22.3 Å². The Hall–Kier alpha value is -1.64. The largest absolute Gasteiger partial charge is 0.352 e. The molecule has 190 valence electrons. The maximum absolute atomic E-state index is 13.0. The smallest absolute Gasteiger partial charge is 0.224 e. The number of carbonyl (C=O) groups is 1. The van der Waals surface area contributed by atoms with Crippen LogP contribution in [-0.2, 0) is 33.7 Å². The van der Waals surface area contributed by atoms with E-state index in [1.54, 1.807) is 18.2 Å². The number of carbonyl (C=O) groups excluding carboxylic acids is 1. The van der Waals surface area contributed by atoms with Gasteiger partial charge < -0.3 is 5.32 Å². The van der Waals surface area contributed by atoms with Crippen molar-refractivity contribution in [3.05, 3.63) is 69.2 Å². The van der Waals surface area contributed by atoms with Crippen LogP contribution in [0.5, 0.6) is 0 Å². The Labute approximate surface area is 218 Å². The molecule has 1 N–H and O–H groups in total. The summed E-state index contributed by atoms with van der Waals surface area (Å²) in [7, 11) is -3.58. The van der Waals surface area contributed by atoms with Crippen LogP contribution in [0.4, 0.5) is 0 Å². The Morgan fingerprint density at radius 1 is 0.943 bits per heavy atom. The van der Waals surface area contributed by atoms with Crippen LogP contribution in [0.1, 0.15) is 48.8 Å². The third-order valence-electron chi connectivity index (χ3n) is 6.90. The molecule has 0 spiro atoms. The first kappa shape index (κ1) is 26.4. The molecule has 2 saturated heterocycles. The molecule has 1 amide bonds. The minimum absolute atomic E-state index is 0.0905. The van der Waals surface area contributed by atoms with Gasteiger partial charge in [-0.05, 0) is 67.6 Å². The molecule has 0 saturated carbocycles. The lowest BCUT2D eigenvalue weighted by molar-refractivity contribution is -0.126. The molecule has 4 rings (SSSR count). The van der Waals surface area contributed by atoms with E-state index in [1.165, 1.54) is 29.1 Å². The van der Waals surface area contributed by atoms with Crippen LogP contribution in [0, 0.1) is 5.92 Å². The molecule has 0 radical (unpaired) electrons. The van der Waals surface area contributed by atoms with Crippen molar-refractivity contribution in [3.8, 4) is 0 Å². The second kappa shape index (κ2) is 12.1. The SMILES string of the molecule is O=C(NCc1ccccc1CN1CCCCC1)C1CCCN(S(=O)(=O)Cc2ccc(Cl)c(Cl)c2)C1. The topological polar surface area (TPSA) is 69.7 Å². The summed E-state index contributed by atoms with van der Waals surface area (Å²) in [5.41, 5.74) is 2.94. The van der Waals surface area contributed by atoms with Crippen LogP contribution in [0.3, 0.4) is 0 Å². The first-order chi connectivity index (χ1) is 16.8. The number of nitrogens with one attached hydrogen (secondary N) is 1. The maximum Gasteiger partial charge on any atom is 0.224 e. The van der Waals surface area contributed by atoms with Gasteiger partial charge in [0.2, 0.25) is 15.9 Å². The van der Waals surface area contributed by atoms with Crippen LogP contribution in [0.25, 0.3) is 0 Å². The Bertz CT molecular complexity index is 1140. The summed E-state index contributed by atoms with van der Waals surface area (Å²) in [6, 6.07) is 13.1. The van der Waals surface area contributed by atoms with Crippen LogP contribution in [0.2, 0.25) is 10.0 Å². The molecule has 1 atom stereocenters. The van der Waals surface area contributed by atoms with Crippen molar-refractivity contribution in [2.75, 3.05) is 26.2 Å². The summed E-state index contributed by atoms with van der Waals surface area (Å²) in [6.45, 7) is 4.22. The Morgan fingerprint density at radius 2 is 1.69 bits per heavy atom. The van der Waals surface area contributed by atoms with E-state index in [0.717, 1.165) is 25.2 Å². The summed E-state index contributed by atoms with van der Waals surface area (Å²) in [5, 5.41) is 3.79. The molecule has 1 unspecified atom stereocenters. The van der Waals surface area contributed by atoms with Crippen molar-refractivity contribution < 1.29 is 13.2 Å². The minimum Gasteiger partial charge on any atom is -0.352 e. The van der Waals surface area contributed by atoms with Gasteiger partial charge in [-0.25, -0.2) is 12.7 Å². The zero-order valence-corrected chi connectivity index (χ0v) is 22.2. The number of benzene rings is 2. The highest BCUT2D eigenvalue weighted by atomic mass is 35.5. The number of hydrogen-bond donors (Lipinski definition) is 1. The molecule has 2 heterocycles. The highest BCUT2D eigenvalue weighted by Gasteiger charge is 2.32. The third-order valence-corrected chi connectivity index (χ3v) is 9.45. The van der Waals surface area contributed by atoms with Gasteiger partial charge in [-0.3, -0.25) is 9.69 Å². The zero-order chi connectivity index (χ0) is 24.8. The molecule has 2 aromatic carbocycles. The minimum atomic E-state index is -3.58. The molecule has 0 bridgehead atoms. The van der Waals surface area contributed by atoms with Gasteiger partial charge in [0.05, 0.1) is 21.7 Å². The second-order valence-corrected chi connectivity index (χ2v) is 12.3. The molecule has 6 nitrogen and oxygen atoms in total. The summed E-state index contributed by atoms with van der Waals surface area (Å²) < 4.78 is 27.5. The fourth-order valence-corrected chi connectivity index (χ4v) is 6.83. The predicted octanol–water partition coefficient (Wildman–Crippen LogP) is 4.84. The van der Waals surface area contributed by atoms with Gasteiger partial charge in [0.25, 0.3) is 0 Å². The van der Waals surface area contributed by atoms with Crippen molar-refractivity contribution in [1.29, 1.82) is 0 Å². The Morgan fingerprint density at radius 3 is 2.43 bits per heavy atom. The van der Waals surface area contributed by atoms with Crippen molar-refractivity contribution in [3.63, 3.8) is 0 Å². The number of nitrogens with zero attached hydrogens (tertiary/aromatic N) is 2. The third kappa shape index (κ3) is 7.20. The van der Waals surface area contributed by atoms with Gasteiger partial charge in [-0.15, -0.1) is 0 Å². The predicted molar refractivity (Wildman–Crippen MR) is 141 cm³/mol. The molecule has 2 aliphatic heterocycles. The van der Waals surface area contributed by atoms with E-state index in [4.69, 9.17) is 23.2 Å². The van der Waals surface area contributed by atoms with Crippen molar-refractivity contribution >= 4 is 39.1 Å². The zero-order valence-electron chi connectivity index (χ0n) is 19.9. The fraction of sp³-hybridized carbons (Fsp3) is 0.500. The molecule has 35 heavy (non-hydrogen) atoms. The molecule has 0 aliphatic carbocycles. The van der Waals surface area contributed by atoms with E-state index in [9.17, 15) is 13.2 Å². The second-order valence-electron chi connectivity index (χ2n) is 9.53. The number of amides is 1. The number of hydrogen-bond acceptors (Lipinski definition) is 4. The van der Waals surface area contributed by atoms with E-state index in [1.807, 2.05) is 12.1 Å². The first-order valence-electron chi connectivity index (χ1n) is 12.3. The fourth-order valence-electron chi connectivity index (χ4n) is 4.91. The van der Waals surface area contributed by atoms with E-state index in [-0.39, 0.29) is 24.1 Å². The Balaban J connectivity index is 1.34. The van der Waals surface area contributed by atoms with Gasteiger partial charge in [0, 0.05) is 26.2 Å². The van der Waals surface area contributed by atoms with Crippen molar-refractivity contribution in [2.24, 2.45) is 5.92 Å². The lowest BCUT2D eigenvalue weighted by Crippen LogP contribution is -2.45. The summed E-state index contributed by atoms with van der Waals surface area (Å²) in [6.07, 6.45) is 5.12. The first-order valence-corrected chi connectivity index (χ1v) is 14.7. The highest BCUT2D eigenvalue weighted by Crippen LogP contribution is 2.26. The molecule has 0 aromatic heterocycles. The van der Waals surface area contributed by atoms with Crippen LogP contribution >= 0.6 is 23.2 Å². The number of sulfonamides is 1. The normalized spacial score (nSPS) is 20.0. The molecule has 2 aromatic rings. The highest BCUT2D eigenvalue weighted by molar-refractivity contribution is 7.88. The summed E-state index contributed by atoms with van der Waals surface area (Å²) in [5.74, 6) is -0.615. The van der Waals surface area contributed by atoms with Gasteiger partial charge in [0.1, 0.15) is 0 Å². The lowest BCUT2D eigenvalue weighted by Gasteiger charge is -2.31. The van der Waals surface area contributed by atoms with Gasteiger partial charge in [0.15, 0.2) is 0 Å². The Kier molecular flexibility index (Phi) is 9.11. The van der Waals surface area contributed by atoms with E-state index < -0.39 is 10.0 Å². The number of halogens is 2. The summed E-state index contributed by atoms with van der Waals surface area (Å²) in [4.78, 5) is 15.5. The molecule has 9 heteroatoms.